The van der Waals surface area contributed by atoms with E-state index in [1.807, 2.05) is 6.92 Å². The molecule has 0 aliphatic heterocycles. The van der Waals surface area contributed by atoms with Gasteiger partial charge in [-0.3, -0.25) is 4.98 Å². The van der Waals surface area contributed by atoms with Crippen molar-refractivity contribution in [2.45, 2.75) is 18.4 Å². The minimum Gasteiger partial charge on any atom is -0.398 e. The molecule has 0 atom stereocenters. The first-order valence-electron chi connectivity index (χ1n) is 6.39. The molecule has 7 heteroatoms. The molecule has 0 radical (unpaired) electrons. The van der Waals surface area contributed by atoms with Crippen LogP contribution < -0.4 is 5.73 Å². The molecular formula is C14H16BrN3O2S. The van der Waals surface area contributed by atoms with Crippen LogP contribution in [0, 0.1) is 0 Å². The summed E-state index contributed by atoms with van der Waals surface area (Å²) in [4.78, 5) is 4.15. The second kappa shape index (κ2) is 6.55. The summed E-state index contributed by atoms with van der Waals surface area (Å²) in [5.41, 5.74) is 7.10. The van der Waals surface area contributed by atoms with Crippen LogP contribution in [0.25, 0.3) is 0 Å². The fraction of sp³-hybridized carbons (Fsp3) is 0.214. The lowest BCUT2D eigenvalue weighted by atomic mass is 10.3. The van der Waals surface area contributed by atoms with Crippen LogP contribution in [0.2, 0.25) is 0 Å². The number of nitrogens with zero attached hydrogens (tertiary/aromatic N) is 2. The van der Waals surface area contributed by atoms with E-state index in [-0.39, 0.29) is 4.90 Å². The Bertz CT molecular complexity index is 720. The average molecular weight is 370 g/mol. The van der Waals surface area contributed by atoms with Gasteiger partial charge in [0.1, 0.15) is 0 Å². The molecule has 0 aliphatic carbocycles. The highest BCUT2D eigenvalue weighted by atomic mass is 79.9. The number of halogens is 1. The second-order valence-corrected chi connectivity index (χ2v) is 7.26. The van der Waals surface area contributed by atoms with E-state index >= 15 is 0 Å². The lowest BCUT2D eigenvalue weighted by Crippen LogP contribution is -2.30. The third-order valence-electron chi connectivity index (χ3n) is 3.07. The van der Waals surface area contributed by atoms with Crippen molar-refractivity contribution in [3.8, 4) is 0 Å². The van der Waals surface area contributed by atoms with Gasteiger partial charge in [0.2, 0.25) is 10.0 Å². The summed E-state index contributed by atoms with van der Waals surface area (Å²) in [7, 11) is -3.56. The van der Waals surface area contributed by atoms with Crippen molar-refractivity contribution in [1.82, 2.24) is 9.29 Å². The van der Waals surface area contributed by atoms with E-state index in [1.165, 1.54) is 16.4 Å². The number of pyridine rings is 1. The monoisotopic (exact) mass is 369 g/mol. The number of hydrogen-bond acceptors (Lipinski definition) is 4. The van der Waals surface area contributed by atoms with Crippen LogP contribution in [-0.4, -0.2) is 24.3 Å². The Kier molecular flexibility index (Phi) is 4.97. The zero-order chi connectivity index (χ0) is 15.5. The summed E-state index contributed by atoms with van der Waals surface area (Å²) < 4.78 is 27.3. The van der Waals surface area contributed by atoms with E-state index in [2.05, 4.69) is 20.9 Å². The van der Waals surface area contributed by atoms with Gasteiger partial charge in [0.25, 0.3) is 0 Å². The smallest absolute Gasteiger partial charge is 0.243 e. The maximum absolute atomic E-state index is 12.7. The predicted octanol–water partition coefficient (Wildman–Crippen LogP) is 2.64. The van der Waals surface area contributed by atoms with Crippen molar-refractivity contribution >= 4 is 31.6 Å². The quantitative estimate of drug-likeness (QED) is 0.821. The molecular weight excluding hydrogens is 354 g/mol. The van der Waals surface area contributed by atoms with Gasteiger partial charge in [-0.15, -0.1) is 0 Å². The van der Waals surface area contributed by atoms with Gasteiger partial charge < -0.3 is 5.73 Å². The first kappa shape index (κ1) is 15.9. The Balaban J connectivity index is 2.33. The maximum atomic E-state index is 12.7. The predicted molar refractivity (Wildman–Crippen MR) is 86.1 cm³/mol. The number of sulfonamides is 1. The summed E-state index contributed by atoms with van der Waals surface area (Å²) in [5, 5.41) is 0. The van der Waals surface area contributed by atoms with E-state index in [1.54, 1.807) is 30.6 Å². The first-order valence-corrected chi connectivity index (χ1v) is 8.62. The number of aromatic nitrogens is 1. The largest absolute Gasteiger partial charge is 0.398 e. The molecule has 112 valence electrons. The number of anilines is 1. The summed E-state index contributed by atoms with van der Waals surface area (Å²) in [6, 6.07) is 8.23. The molecule has 1 aromatic heterocycles. The molecule has 1 aromatic carbocycles. The van der Waals surface area contributed by atoms with E-state index in [0.29, 0.717) is 23.2 Å². The van der Waals surface area contributed by atoms with Gasteiger partial charge in [-0.1, -0.05) is 6.92 Å². The van der Waals surface area contributed by atoms with Gasteiger partial charge in [0.05, 0.1) is 4.90 Å². The SMILES string of the molecule is CCN(Cc1ccncc1)S(=O)(=O)c1ccc(N)c(Br)c1. The van der Waals surface area contributed by atoms with Crippen molar-refractivity contribution in [3.05, 3.63) is 52.8 Å². The van der Waals surface area contributed by atoms with Gasteiger partial charge in [0.15, 0.2) is 0 Å². The standard InChI is InChI=1S/C14H16BrN3O2S/c1-2-18(10-11-5-7-17-8-6-11)21(19,20)12-3-4-14(16)13(15)9-12/h3-9H,2,10,16H2,1H3. The summed E-state index contributed by atoms with van der Waals surface area (Å²) >= 11 is 3.26. The van der Waals surface area contributed by atoms with Gasteiger partial charge >= 0.3 is 0 Å². The minimum absolute atomic E-state index is 0.222. The molecule has 2 N–H and O–H groups in total. The number of nitrogen functional groups attached to an aromatic ring is 1. The van der Waals surface area contributed by atoms with Crippen molar-refractivity contribution in [3.63, 3.8) is 0 Å². The van der Waals surface area contributed by atoms with E-state index in [9.17, 15) is 8.42 Å². The highest BCUT2D eigenvalue weighted by Crippen LogP contribution is 2.25. The number of rotatable bonds is 5. The highest BCUT2D eigenvalue weighted by molar-refractivity contribution is 9.10. The molecule has 21 heavy (non-hydrogen) atoms. The Hall–Kier alpha value is -1.44. The van der Waals surface area contributed by atoms with Gasteiger partial charge in [0, 0.05) is 35.6 Å². The molecule has 0 bridgehead atoms. The van der Waals surface area contributed by atoms with Crippen molar-refractivity contribution in [2.24, 2.45) is 0 Å². The number of hydrogen-bond donors (Lipinski definition) is 1. The fourth-order valence-corrected chi connectivity index (χ4v) is 3.87. The van der Waals surface area contributed by atoms with E-state index in [4.69, 9.17) is 5.73 Å². The Morgan fingerprint density at radius 3 is 2.48 bits per heavy atom. The van der Waals surface area contributed by atoms with Crippen LogP contribution >= 0.6 is 15.9 Å². The van der Waals surface area contributed by atoms with E-state index < -0.39 is 10.0 Å². The molecule has 0 aliphatic rings. The minimum atomic E-state index is -3.56. The first-order chi connectivity index (χ1) is 9.95. The highest BCUT2D eigenvalue weighted by Gasteiger charge is 2.23. The molecule has 0 spiro atoms. The van der Waals surface area contributed by atoms with Gasteiger partial charge in [-0.05, 0) is 51.8 Å². The molecule has 5 nitrogen and oxygen atoms in total. The zero-order valence-electron chi connectivity index (χ0n) is 11.5. The normalized spacial score (nSPS) is 11.8. The molecule has 0 fully saturated rings. The third kappa shape index (κ3) is 3.61. The van der Waals surface area contributed by atoms with Crippen LogP contribution in [0.4, 0.5) is 5.69 Å². The van der Waals surface area contributed by atoms with Crippen LogP contribution in [-0.2, 0) is 16.6 Å². The molecule has 0 unspecified atom stereocenters. The van der Waals surface area contributed by atoms with Gasteiger partial charge in [-0.25, -0.2) is 8.42 Å². The third-order valence-corrected chi connectivity index (χ3v) is 5.67. The molecule has 1 heterocycles. The number of nitrogens with two attached hydrogens (primary N) is 1. The van der Waals surface area contributed by atoms with Crippen LogP contribution in [0.5, 0.6) is 0 Å². The molecule has 2 rings (SSSR count). The Morgan fingerprint density at radius 1 is 1.24 bits per heavy atom. The Labute approximate surface area is 133 Å². The van der Waals surface area contributed by atoms with Crippen molar-refractivity contribution < 1.29 is 8.42 Å². The molecule has 2 aromatic rings. The van der Waals surface area contributed by atoms with E-state index in [0.717, 1.165) is 5.56 Å². The van der Waals surface area contributed by atoms with Crippen LogP contribution in [0.3, 0.4) is 0 Å². The lowest BCUT2D eigenvalue weighted by molar-refractivity contribution is 0.423. The zero-order valence-corrected chi connectivity index (χ0v) is 13.9. The maximum Gasteiger partial charge on any atom is 0.243 e. The summed E-state index contributed by atoms with van der Waals surface area (Å²) in [5.74, 6) is 0. The van der Waals surface area contributed by atoms with Crippen LogP contribution in [0.1, 0.15) is 12.5 Å². The second-order valence-electron chi connectivity index (χ2n) is 4.47. The summed E-state index contributed by atoms with van der Waals surface area (Å²) in [6.07, 6.45) is 3.30. The molecule has 0 saturated heterocycles. The number of benzene rings is 1. The fourth-order valence-electron chi connectivity index (χ4n) is 1.88. The summed E-state index contributed by atoms with van der Waals surface area (Å²) in [6.45, 7) is 2.50. The average Bonchev–Trinajstić information content (AvgIpc) is 2.48. The Morgan fingerprint density at radius 2 is 1.90 bits per heavy atom. The molecule has 0 saturated carbocycles. The lowest BCUT2D eigenvalue weighted by Gasteiger charge is -2.21. The topological polar surface area (TPSA) is 76.3 Å². The van der Waals surface area contributed by atoms with Crippen molar-refractivity contribution in [1.29, 1.82) is 0 Å². The molecule has 0 amide bonds. The van der Waals surface area contributed by atoms with Crippen LogP contribution in [0.15, 0.2) is 52.1 Å². The van der Waals surface area contributed by atoms with Gasteiger partial charge in [-0.2, -0.15) is 4.31 Å². The van der Waals surface area contributed by atoms with Crippen molar-refractivity contribution in [2.75, 3.05) is 12.3 Å².